The first kappa shape index (κ1) is 11.1. The van der Waals surface area contributed by atoms with E-state index in [1.165, 1.54) is 6.20 Å². The van der Waals surface area contributed by atoms with Gasteiger partial charge in [-0.15, -0.1) is 0 Å². The highest BCUT2D eigenvalue weighted by Gasteiger charge is 2.20. The second-order valence-corrected chi connectivity index (χ2v) is 4.09. The molecule has 5 heteroatoms. The molecule has 0 aliphatic carbocycles. The lowest BCUT2D eigenvalue weighted by atomic mass is 9.88. The van der Waals surface area contributed by atoms with Crippen molar-refractivity contribution in [3.05, 3.63) is 18.0 Å². The molecule has 0 unspecified atom stereocenters. The van der Waals surface area contributed by atoms with E-state index < -0.39 is 6.55 Å². The summed E-state index contributed by atoms with van der Waals surface area (Å²) in [6.07, 6.45) is 1.89. The molecule has 80 valence electrons. The van der Waals surface area contributed by atoms with Crippen LogP contribution >= 0.6 is 0 Å². The second kappa shape index (κ2) is 4.04. The van der Waals surface area contributed by atoms with Crippen LogP contribution in [0.5, 0.6) is 0 Å². The van der Waals surface area contributed by atoms with Crippen LogP contribution in [0.2, 0.25) is 0 Å². The van der Waals surface area contributed by atoms with E-state index in [1.807, 2.05) is 13.8 Å². The van der Waals surface area contributed by atoms with Crippen molar-refractivity contribution in [2.24, 2.45) is 11.1 Å². The van der Waals surface area contributed by atoms with Gasteiger partial charge in [0.25, 0.3) is 0 Å². The van der Waals surface area contributed by atoms with Crippen LogP contribution in [0.15, 0.2) is 12.3 Å². The summed E-state index contributed by atoms with van der Waals surface area (Å²) in [5, 5.41) is 3.56. The number of alkyl halides is 2. The fourth-order valence-corrected chi connectivity index (χ4v) is 1.22. The van der Waals surface area contributed by atoms with Crippen molar-refractivity contribution >= 4 is 0 Å². The Bertz CT molecular complexity index is 294. The van der Waals surface area contributed by atoms with Gasteiger partial charge in [0, 0.05) is 11.9 Å². The first-order valence-corrected chi connectivity index (χ1v) is 4.47. The Balaban J connectivity index is 2.81. The van der Waals surface area contributed by atoms with Crippen molar-refractivity contribution in [2.75, 3.05) is 6.54 Å². The quantitative estimate of drug-likeness (QED) is 0.811. The van der Waals surface area contributed by atoms with Crippen molar-refractivity contribution in [3.63, 3.8) is 0 Å². The van der Waals surface area contributed by atoms with Crippen LogP contribution in [0.3, 0.4) is 0 Å². The minimum Gasteiger partial charge on any atom is -0.330 e. The molecule has 0 atom stereocenters. The van der Waals surface area contributed by atoms with Crippen molar-refractivity contribution in [1.29, 1.82) is 0 Å². The summed E-state index contributed by atoms with van der Waals surface area (Å²) >= 11 is 0. The van der Waals surface area contributed by atoms with E-state index >= 15 is 0 Å². The molecular weight excluding hydrogens is 188 g/mol. The Labute approximate surface area is 81.9 Å². The molecule has 0 amide bonds. The maximum Gasteiger partial charge on any atom is 0.333 e. The molecule has 0 radical (unpaired) electrons. The SMILES string of the molecule is CC(C)(CN)Cc1ccnn1C(F)F. The molecule has 0 fully saturated rings. The van der Waals surface area contributed by atoms with E-state index in [4.69, 9.17) is 5.73 Å². The van der Waals surface area contributed by atoms with Gasteiger partial charge in [-0.05, 0) is 24.4 Å². The minimum atomic E-state index is -2.58. The third-order valence-electron chi connectivity index (χ3n) is 2.15. The number of aromatic nitrogens is 2. The van der Waals surface area contributed by atoms with Gasteiger partial charge in [-0.3, -0.25) is 0 Å². The number of hydrogen-bond donors (Lipinski definition) is 1. The highest BCUT2D eigenvalue weighted by atomic mass is 19.3. The third-order valence-corrected chi connectivity index (χ3v) is 2.15. The number of nitrogens with two attached hydrogens (primary N) is 1. The van der Waals surface area contributed by atoms with E-state index in [1.54, 1.807) is 6.07 Å². The van der Waals surface area contributed by atoms with Crippen molar-refractivity contribution in [2.45, 2.75) is 26.8 Å². The molecule has 0 aliphatic heterocycles. The lowest BCUT2D eigenvalue weighted by Crippen LogP contribution is -2.27. The zero-order valence-corrected chi connectivity index (χ0v) is 8.37. The molecule has 2 N–H and O–H groups in total. The van der Waals surface area contributed by atoms with Crippen molar-refractivity contribution in [1.82, 2.24) is 9.78 Å². The van der Waals surface area contributed by atoms with E-state index in [0.29, 0.717) is 18.7 Å². The highest BCUT2D eigenvalue weighted by molar-refractivity contribution is 5.04. The molecule has 1 heterocycles. The number of hydrogen-bond acceptors (Lipinski definition) is 2. The fraction of sp³-hybridized carbons (Fsp3) is 0.667. The molecule has 1 aromatic rings. The summed E-state index contributed by atoms with van der Waals surface area (Å²) in [4.78, 5) is 0. The van der Waals surface area contributed by atoms with Crippen LogP contribution in [0.25, 0.3) is 0 Å². The van der Waals surface area contributed by atoms with Gasteiger partial charge in [-0.25, -0.2) is 4.68 Å². The summed E-state index contributed by atoms with van der Waals surface area (Å²) in [5.41, 5.74) is 5.88. The van der Waals surface area contributed by atoms with Crippen LogP contribution in [-0.4, -0.2) is 16.3 Å². The van der Waals surface area contributed by atoms with Gasteiger partial charge in [0.1, 0.15) is 0 Å². The first-order chi connectivity index (χ1) is 6.46. The van der Waals surface area contributed by atoms with Crippen LogP contribution in [-0.2, 0) is 6.42 Å². The maximum absolute atomic E-state index is 12.4. The lowest BCUT2D eigenvalue weighted by Gasteiger charge is -2.22. The molecule has 0 aromatic carbocycles. The summed E-state index contributed by atoms with van der Waals surface area (Å²) in [5.74, 6) is 0. The standard InChI is InChI=1S/C9H15F2N3/c1-9(2,6-12)5-7-3-4-13-14(7)8(10)11/h3-4,8H,5-6,12H2,1-2H3. The summed E-state index contributed by atoms with van der Waals surface area (Å²) in [6.45, 7) is 1.76. The average molecular weight is 203 g/mol. The Morgan fingerprint density at radius 2 is 2.21 bits per heavy atom. The predicted octanol–water partition coefficient (Wildman–Crippen LogP) is 1.81. The smallest absolute Gasteiger partial charge is 0.330 e. The molecule has 14 heavy (non-hydrogen) atoms. The molecule has 1 aromatic heterocycles. The number of nitrogens with zero attached hydrogens (tertiary/aromatic N) is 2. The zero-order valence-electron chi connectivity index (χ0n) is 8.37. The number of halogens is 2. The van der Waals surface area contributed by atoms with Gasteiger partial charge in [-0.1, -0.05) is 13.8 Å². The topological polar surface area (TPSA) is 43.8 Å². The highest BCUT2D eigenvalue weighted by Crippen LogP contribution is 2.22. The number of rotatable bonds is 4. The van der Waals surface area contributed by atoms with Gasteiger partial charge in [-0.2, -0.15) is 13.9 Å². The van der Waals surface area contributed by atoms with Gasteiger partial charge in [0.15, 0.2) is 0 Å². The molecule has 1 rings (SSSR count). The largest absolute Gasteiger partial charge is 0.333 e. The maximum atomic E-state index is 12.4. The average Bonchev–Trinajstić information content (AvgIpc) is 2.51. The van der Waals surface area contributed by atoms with Crippen LogP contribution in [0.4, 0.5) is 8.78 Å². The Hall–Kier alpha value is -0.970. The predicted molar refractivity (Wildman–Crippen MR) is 50.0 cm³/mol. The van der Waals surface area contributed by atoms with Gasteiger partial charge >= 0.3 is 6.55 Å². The first-order valence-electron chi connectivity index (χ1n) is 4.47. The molecule has 3 nitrogen and oxygen atoms in total. The second-order valence-electron chi connectivity index (χ2n) is 4.09. The fourth-order valence-electron chi connectivity index (χ4n) is 1.22. The zero-order chi connectivity index (χ0) is 10.8. The van der Waals surface area contributed by atoms with Gasteiger partial charge in [0.05, 0.1) is 0 Å². The molecule has 0 aliphatic rings. The van der Waals surface area contributed by atoms with Crippen LogP contribution < -0.4 is 5.73 Å². The van der Waals surface area contributed by atoms with Gasteiger partial charge in [0.2, 0.25) is 0 Å². The summed E-state index contributed by atoms with van der Waals surface area (Å²) in [6, 6.07) is 1.60. The van der Waals surface area contributed by atoms with E-state index in [2.05, 4.69) is 5.10 Å². The normalized spacial score (nSPS) is 12.4. The van der Waals surface area contributed by atoms with E-state index in [-0.39, 0.29) is 5.41 Å². The summed E-state index contributed by atoms with van der Waals surface area (Å²) in [7, 11) is 0. The van der Waals surface area contributed by atoms with Gasteiger partial charge < -0.3 is 5.73 Å². The Morgan fingerprint density at radius 3 is 2.71 bits per heavy atom. The molecule has 0 saturated carbocycles. The van der Waals surface area contributed by atoms with E-state index in [0.717, 1.165) is 4.68 Å². The minimum absolute atomic E-state index is 0.174. The summed E-state index contributed by atoms with van der Waals surface area (Å²) < 4.78 is 25.6. The van der Waals surface area contributed by atoms with E-state index in [9.17, 15) is 8.78 Å². The molecule has 0 spiro atoms. The van der Waals surface area contributed by atoms with Crippen LogP contribution in [0, 0.1) is 5.41 Å². The monoisotopic (exact) mass is 203 g/mol. The molecular formula is C9H15F2N3. The lowest BCUT2D eigenvalue weighted by molar-refractivity contribution is 0.0520. The van der Waals surface area contributed by atoms with Crippen LogP contribution in [0.1, 0.15) is 26.1 Å². The van der Waals surface area contributed by atoms with Crippen molar-refractivity contribution in [3.8, 4) is 0 Å². The third kappa shape index (κ3) is 2.51. The Kier molecular flexibility index (Phi) is 3.21. The molecule has 0 saturated heterocycles. The molecule has 0 bridgehead atoms. The Morgan fingerprint density at radius 1 is 1.57 bits per heavy atom. The van der Waals surface area contributed by atoms with Crippen molar-refractivity contribution < 1.29 is 8.78 Å².